The van der Waals surface area contributed by atoms with E-state index in [0.29, 0.717) is 23.1 Å². The quantitative estimate of drug-likeness (QED) is 0.758. The Morgan fingerprint density at radius 2 is 1.83 bits per heavy atom. The first-order valence-corrected chi connectivity index (χ1v) is 9.67. The molecule has 0 amide bonds. The van der Waals surface area contributed by atoms with Crippen LogP contribution in [-0.2, 0) is 16.4 Å². The van der Waals surface area contributed by atoms with E-state index in [0.717, 1.165) is 10.0 Å². The summed E-state index contributed by atoms with van der Waals surface area (Å²) in [5.41, 5.74) is 1.50. The number of carboxylic acid groups (broad SMARTS) is 1. The molecule has 23 heavy (non-hydrogen) atoms. The molecule has 0 bridgehead atoms. The number of fused-ring (bicyclic) bond motifs is 1. The van der Waals surface area contributed by atoms with Gasteiger partial charge in [-0.3, -0.25) is 4.31 Å². The zero-order valence-corrected chi connectivity index (χ0v) is 15.7. The molecule has 1 heterocycles. The number of benzene rings is 2. The van der Waals surface area contributed by atoms with Crippen LogP contribution >= 0.6 is 31.9 Å². The molecule has 0 aliphatic carbocycles. The van der Waals surface area contributed by atoms with E-state index in [1.54, 1.807) is 12.1 Å². The van der Waals surface area contributed by atoms with E-state index in [-0.39, 0.29) is 10.5 Å². The monoisotopic (exact) mass is 459 g/mol. The highest BCUT2D eigenvalue weighted by Gasteiger charge is 2.31. The van der Waals surface area contributed by atoms with E-state index in [4.69, 9.17) is 5.11 Å². The van der Waals surface area contributed by atoms with Gasteiger partial charge >= 0.3 is 5.97 Å². The summed E-state index contributed by atoms with van der Waals surface area (Å²) in [4.78, 5) is 11.1. The van der Waals surface area contributed by atoms with Crippen LogP contribution in [0.4, 0.5) is 5.69 Å². The zero-order chi connectivity index (χ0) is 16.8. The molecule has 5 nitrogen and oxygen atoms in total. The molecular weight excluding hydrogens is 450 g/mol. The molecule has 0 aromatic heterocycles. The van der Waals surface area contributed by atoms with Crippen molar-refractivity contribution in [3.8, 4) is 0 Å². The van der Waals surface area contributed by atoms with Crippen LogP contribution in [0.3, 0.4) is 0 Å². The topological polar surface area (TPSA) is 74.7 Å². The van der Waals surface area contributed by atoms with Gasteiger partial charge in [-0.1, -0.05) is 31.9 Å². The Balaban J connectivity index is 2.09. The lowest BCUT2D eigenvalue weighted by atomic mass is 10.2. The van der Waals surface area contributed by atoms with Gasteiger partial charge in [0, 0.05) is 15.5 Å². The van der Waals surface area contributed by atoms with Crippen LogP contribution in [0.25, 0.3) is 0 Å². The molecule has 0 fully saturated rings. The lowest BCUT2D eigenvalue weighted by Gasteiger charge is -2.20. The molecule has 1 aliphatic rings. The highest BCUT2D eigenvalue weighted by atomic mass is 79.9. The summed E-state index contributed by atoms with van der Waals surface area (Å²) in [5.74, 6) is -1.17. The van der Waals surface area contributed by atoms with Crippen molar-refractivity contribution in [3.05, 3.63) is 56.5 Å². The van der Waals surface area contributed by atoms with Crippen molar-refractivity contribution in [2.45, 2.75) is 11.3 Å². The van der Waals surface area contributed by atoms with Crippen LogP contribution in [0.15, 0.2) is 50.2 Å². The molecule has 0 saturated carbocycles. The summed E-state index contributed by atoms with van der Waals surface area (Å²) < 4.78 is 28.4. The number of rotatable bonds is 3. The molecular formula is C15H11Br2NO4S. The van der Waals surface area contributed by atoms with Crippen LogP contribution in [0.1, 0.15) is 15.9 Å². The number of anilines is 1. The summed E-state index contributed by atoms with van der Waals surface area (Å²) in [6.07, 6.45) is 0.619. The van der Waals surface area contributed by atoms with Crippen molar-refractivity contribution < 1.29 is 18.3 Å². The summed E-state index contributed by atoms with van der Waals surface area (Å²) >= 11 is 6.55. The number of halogens is 2. The maximum atomic E-state index is 12.9. The summed E-state index contributed by atoms with van der Waals surface area (Å²) in [6.45, 7) is 0.336. The van der Waals surface area contributed by atoms with E-state index in [1.807, 2.05) is 6.07 Å². The summed E-state index contributed by atoms with van der Waals surface area (Å²) in [5, 5.41) is 9.12. The first-order valence-electron chi connectivity index (χ1n) is 6.64. The maximum absolute atomic E-state index is 12.9. The van der Waals surface area contributed by atoms with Gasteiger partial charge in [0.2, 0.25) is 0 Å². The van der Waals surface area contributed by atoms with Gasteiger partial charge in [0.1, 0.15) is 0 Å². The Bertz CT molecular complexity index is 912. The number of carboxylic acids is 1. The average molecular weight is 461 g/mol. The molecule has 2 aromatic carbocycles. The molecule has 0 radical (unpaired) electrons. The van der Waals surface area contributed by atoms with Crippen LogP contribution in [0, 0.1) is 0 Å². The fourth-order valence-corrected chi connectivity index (χ4v) is 5.18. The van der Waals surface area contributed by atoms with Gasteiger partial charge in [0.15, 0.2) is 0 Å². The van der Waals surface area contributed by atoms with Gasteiger partial charge in [-0.05, 0) is 48.4 Å². The van der Waals surface area contributed by atoms with Gasteiger partial charge in [0.25, 0.3) is 10.0 Å². The molecule has 1 aliphatic heterocycles. The molecule has 0 saturated heterocycles. The Labute approximate surface area is 150 Å². The maximum Gasteiger partial charge on any atom is 0.335 e. The average Bonchev–Trinajstić information content (AvgIpc) is 2.90. The largest absolute Gasteiger partial charge is 0.478 e. The van der Waals surface area contributed by atoms with E-state index in [9.17, 15) is 13.2 Å². The molecule has 0 spiro atoms. The lowest BCUT2D eigenvalue weighted by molar-refractivity contribution is 0.0696. The Morgan fingerprint density at radius 3 is 2.52 bits per heavy atom. The van der Waals surface area contributed by atoms with E-state index < -0.39 is 16.0 Å². The third kappa shape index (κ3) is 3.02. The van der Waals surface area contributed by atoms with Crippen LogP contribution in [0.2, 0.25) is 0 Å². The predicted molar refractivity (Wildman–Crippen MR) is 93.5 cm³/mol. The Kier molecular flexibility index (Phi) is 4.24. The molecule has 120 valence electrons. The number of nitrogens with zero attached hydrogens (tertiary/aromatic N) is 1. The highest BCUT2D eigenvalue weighted by molar-refractivity contribution is 9.10. The standard InChI is InChI=1S/C15H11Br2NO4S/c16-11-1-2-14-9(5-11)3-4-18(14)23(21,22)13-7-10(15(19)20)6-12(17)8-13/h1-2,5-8H,3-4H2,(H,19,20). The Morgan fingerprint density at radius 1 is 1.09 bits per heavy atom. The van der Waals surface area contributed by atoms with Crippen molar-refractivity contribution in [2.24, 2.45) is 0 Å². The number of hydrogen-bond donors (Lipinski definition) is 1. The molecule has 3 rings (SSSR count). The second-order valence-electron chi connectivity index (χ2n) is 5.08. The number of hydrogen-bond acceptors (Lipinski definition) is 3. The van der Waals surface area contributed by atoms with Crippen LogP contribution in [-0.4, -0.2) is 26.0 Å². The van der Waals surface area contributed by atoms with E-state index >= 15 is 0 Å². The van der Waals surface area contributed by atoms with E-state index in [2.05, 4.69) is 31.9 Å². The van der Waals surface area contributed by atoms with Crippen LogP contribution in [0.5, 0.6) is 0 Å². The first-order chi connectivity index (χ1) is 10.8. The normalized spacial score (nSPS) is 13.9. The molecule has 2 aromatic rings. The first kappa shape index (κ1) is 16.5. The van der Waals surface area contributed by atoms with Gasteiger partial charge < -0.3 is 5.11 Å². The van der Waals surface area contributed by atoms with Crippen molar-refractivity contribution >= 4 is 53.5 Å². The minimum atomic E-state index is -3.82. The third-order valence-corrected chi connectivity index (χ3v) is 6.34. The fraction of sp³-hybridized carbons (Fsp3) is 0.133. The summed E-state index contributed by atoms with van der Waals surface area (Å²) in [6, 6.07) is 9.40. The number of aromatic carboxylic acids is 1. The molecule has 1 N–H and O–H groups in total. The van der Waals surface area contributed by atoms with Crippen molar-refractivity contribution in [3.63, 3.8) is 0 Å². The SMILES string of the molecule is O=C(O)c1cc(Br)cc(S(=O)(=O)N2CCc3cc(Br)ccc32)c1. The number of carbonyl (C=O) groups is 1. The molecule has 0 unspecified atom stereocenters. The second-order valence-corrected chi connectivity index (χ2v) is 8.77. The Hall–Kier alpha value is -1.38. The van der Waals surface area contributed by atoms with Gasteiger partial charge in [-0.25, -0.2) is 13.2 Å². The van der Waals surface area contributed by atoms with Gasteiger partial charge in [0.05, 0.1) is 16.1 Å². The van der Waals surface area contributed by atoms with Gasteiger partial charge in [-0.2, -0.15) is 0 Å². The smallest absolute Gasteiger partial charge is 0.335 e. The number of sulfonamides is 1. The van der Waals surface area contributed by atoms with Crippen molar-refractivity contribution in [1.29, 1.82) is 0 Å². The minimum Gasteiger partial charge on any atom is -0.478 e. The minimum absolute atomic E-state index is 0.0416. The van der Waals surface area contributed by atoms with Gasteiger partial charge in [-0.15, -0.1) is 0 Å². The van der Waals surface area contributed by atoms with Crippen LogP contribution < -0.4 is 4.31 Å². The van der Waals surface area contributed by atoms with Crippen molar-refractivity contribution in [2.75, 3.05) is 10.8 Å². The highest BCUT2D eigenvalue weighted by Crippen LogP contribution is 2.35. The second kappa shape index (κ2) is 5.92. The zero-order valence-electron chi connectivity index (χ0n) is 11.7. The fourth-order valence-electron chi connectivity index (χ4n) is 2.55. The summed E-state index contributed by atoms with van der Waals surface area (Å²) in [7, 11) is -3.82. The molecule has 8 heteroatoms. The lowest BCUT2D eigenvalue weighted by Crippen LogP contribution is -2.29. The molecule has 0 atom stereocenters. The van der Waals surface area contributed by atoms with Crippen molar-refractivity contribution in [1.82, 2.24) is 0 Å². The van der Waals surface area contributed by atoms with E-state index in [1.165, 1.54) is 22.5 Å². The predicted octanol–water partition coefficient (Wildman–Crippen LogP) is 3.66. The third-order valence-electron chi connectivity index (χ3n) is 3.60.